The Bertz CT molecular complexity index is 997. The fraction of sp³-hybridized carbons (Fsp3) is 0.444. The van der Waals surface area contributed by atoms with E-state index in [4.69, 9.17) is 46.2 Å². The molecule has 1 aromatic heterocycles. The quantitative estimate of drug-likeness (QED) is 0.414. The Morgan fingerprint density at radius 3 is 2.86 bits per heavy atom. The highest BCUT2D eigenvalue weighted by molar-refractivity contribution is 7.71. The van der Waals surface area contributed by atoms with Gasteiger partial charge in [0.1, 0.15) is 26.1 Å². The van der Waals surface area contributed by atoms with Crippen molar-refractivity contribution in [2.24, 2.45) is 0 Å². The number of methoxy groups -OCH3 is 1. The number of rotatable bonds is 7. The summed E-state index contributed by atoms with van der Waals surface area (Å²) in [6, 6.07) is 5.81. The standard InChI is InChI=1S/C18H21B2N2O5PS/c1-11-5-4-6-13-10-25-28(26-15(11)13)27-18(19,20)14(24-3)7-8-22-9-12(2)16(29)21-17(22)23/h4-6,9,14H,7-8,10H2,1-3H3,(H,21,23,29). The van der Waals surface area contributed by atoms with Gasteiger partial charge in [-0.05, 0) is 25.8 Å². The fourth-order valence-electron chi connectivity index (χ4n) is 2.98. The van der Waals surface area contributed by atoms with Crippen LogP contribution >= 0.6 is 20.8 Å². The molecule has 1 N–H and O–H groups in total. The molecular formula is C18H21B2N2O5PS. The van der Waals surface area contributed by atoms with Crippen LogP contribution in [0.3, 0.4) is 0 Å². The van der Waals surface area contributed by atoms with E-state index in [9.17, 15) is 4.79 Å². The topological polar surface area (TPSA) is 74.7 Å². The number of ether oxygens (including phenoxy) is 1. The Kier molecular flexibility index (Phi) is 7.02. The summed E-state index contributed by atoms with van der Waals surface area (Å²) in [7, 11) is 12.1. The Balaban J connectivity index is 1.67. The van der Waals surface area contributed by atoms with E-state index in [0.717, 1.165) is 22.4 Å². The van der Waals surface area contributed by atoms with Crippen molar-refractivity contribution in [1.82, 2.24) is 9.55 Å². The van der Waals surface area contributed by atoms with Crippen LogP contribution in [0.25, 0.3) is 0 Å². The van der Waals surface area contributed by atoms with Crippen LogP contribution in [-0.4, -0.2) is 43.9 Å². The Labute approximate surface area is 178 Å². The van der Waals surface area contributed by atoms with E-state index in [-0.39, 0.29) is 5.69 Å². The zero-order valence-corrected chi connectivity index (χ0v) is 18.2. The van der Waals surface area contributed by atoms with E-state index < -0.39 is 20.1 Å². The summed E-state index contributed by atoms with van der Waals surface area (Å²) >= 11 is 5.07. The van der Waals surface area contributed by atoms with Gasteiger partial charge in [0, 0.05) is 36.4 Å². The highest BCUT2D eigenvalue weighted by atomic mass is 32.1. The van der Waals surface area contributed by atoms with Crippen molar-refractivity contribution in [2.75, 3.05) is 7.11 Å². The summed E-state index contributed by atoms with van der Waals surface area (Å²) in [5, 5.41) is -1.68. The molecule has 11 heteroatoms. The second-order valence-corrected chi connectivity index (χ2v) is 8.35. The van der Waals surface area contributed by atoms with Gasteiger partial charge in [0.25, 0.3) is 0 Å². The van der Waals surface area contributed by atoms with Gasteiger partial charge in [-0.3, -0.25) is 9.51 Å². The number of benzene rings is 1. The molecular weight excluding hydrogens is 409 g/mol. The zero-order chi connectivity index (χ0) is 21.2. The van der Waals surface area contributed by atoms with Crippen LogP contribution in [0.5, 0.6) is 5.75 Å². The molecule has 0 aliphatic carbocycles. The predicted molar refractivity (Wildman–Crippen MR) is 115 cm³/mol. The molecule has 0 saturated carbocycles. The lowest BCUT2D eigenvalue weighted by molar-refractivity contribution is 0.00105. The van der Waals surface area contributed by atoms with E-state index >= 15 is 0 Å². The van der Waals surface area contributed by atoms with Crippen molar-refractivity contribution in [3.63, 3.8) is 0 Å². The summed E-state index contributed by atoms with van der Waals surface area (Å²) in [6.45, 7) is 4.42. The van der Waals surface area contributed by atoms with E-state index in [2.05, 4.69) is 4.98 Å². The number of fused-ring (bicyclic) bond motifs is 1. The molecule has 2 aromatic rings. The first-order valence-corrected chi connectivity index (χ1v) is 10.5. The van der Waals surface area contributed by atoms with E-state index in [1.165, 1.54) is 11.7 Å². The Morgan fingerprint density at radius 1 is 1.38 bits per heavy atom. The van der Waals surface area contributed by atoms with Crippen molar-refractivity contribution in [2.45, 2.75) is 44.9 Å². The van der Waals surface area contributed by atoms with Gasteiger partial charge < -0.3 is 18.4 Å². The molecule has 150 valence electrons. The molecule has 1 aliphatic rings. The lowest BCUT2D eigenvalue weighted by Gasteiger charge is -2.37. The lowest BCUT2D eigenvalue weighted by atomic mass is 9.61. The molecule has 4 radical (unpaired) electrons. The average Bonchev–Trinajstić information content (AvgIpc) is 2.66. The number of nitrogens with zero attached hydrogens (tertiary/aromatic N) is 1. The van der Waals surface area contributed by atoms with Gasteiger partial charge in [0.05, 0.1) is 12.7 Å². The molecule has 0 amide bonds. The molecule has 29 heavy (non-hydrogen) atoms. The van der Waals surface area contributed by atoms with E-state index in [0.29, 0.717) is 24.2 Å². The van der Waals surface area contributed by atoms with Crippen LogP contribution in [0.2, 0.25) is 0 Å². The Morgan fingerprint density at radius 2 is 2.14 bits per heavy atom. The summed E-state index contributed by atoms with van der Waals surface area (Å²) < 4.78 is 24.6. The van der Waals surface area contributed by atoms with Gasteiger partial charge in [-0.15, -0.1) is 0 Å². The first kappa shape index (κ1) is 22.2. The van der Waals surface area contributed by atoms with Crippen molar-refractivity contribution < 1.29 is 18.3 Å². The monoisotopic (exact) mass is 430 g/mol. The Hall–Kier alpha value is -1.44. The molecule has 0 bridgehead atoms. The van der Waals surface area contributed by atoms with Crippen LogP contribution < -0.4 is 10.2 Å². The van der Waals surface area contributed by atoms with Crippen molar-refractivity contribution in [1.29, 1.82) is 0 Å². The fourth-order valence-corrected chi connectivity index (χ4v) is 4.30. The number of H-pyrrole nitrogens is 1. The van der Waals surface area contributed by atoms with Crippen LogP contribution in [0.1, 0.15) is 23.1 Å². The predicted octanol–water partition coefficient (Wildman–Crippen LogP) is 2.77. The number of aromatic nitrogens is 2. The van der Waals surface area contributed by atoms with Gasteiger partial charge in [0.2, 0.25) is 0 Å². The molecule has 0 saturated heterocycles. The molecule has 7 nitrogen and oxygen atoms in total. The van der Waals surface area contributed by atoms with E-state index in [1.807, 2.05) is 32.0 Å². The van der Waals surface area contributed by atoms with Gasteiger partial charge in [0.15, 0.2) is 0 Å². The highest BCUT2D eigenvalue weighted by Crippen LogP contribution is 2.50. The first-order valence-electron chi connectivity index (χ1n) is 9.01. The molecule has 2 atom stereocenters. The molecule has 0 spiro atoms. The third-order valence-corrected chi connectivity index (χ3v) is 6.19. The van der Waals surface area contributed by atoms with Crippen molar-refractivity contribution >= 4 is 36.5 Å². The third-order valence-electron chi connectivity index (χ3n) is 4.63. The van der Waals surface area contributed by atoms with Gasteiger partial charge in [-0.1, -0.05) is 30.4 Å². The van der Waals surface area contributed by atoms with Gasteiger partial charge in [-0.25, -0.2) is 4.79 Å². The summed E-state index contributed by atoms with van der Waals surface area (Å²) in [5.74, 6) is 0.719. The summed E-state index contributed by atoms with van der Waals surface area (Å²) in [6.07, 6.45) is 1.29. The van der Waals surface area contributed by atoms with E-state index in [1.54, 1.807) is 6.20 Å². The minimum atomic E-state index is -1.80. The number of para-hydroxylation sites is 1. The van der Waals surface area contributed by atoms with Crippen LogP contribution in [0.15, 0.2) is 29.2 Å². The summed E-state index contributed by atoms with van der Waals surface area (Å²) in [4.78, 5) is 14.7. The number of hydrogen-bond donors (Lipinski definition) is 1. The number of aromatic amines is 1. The minimum absolute atomic E-state index is 0.311. The lowest BCUT2D eigenvalue weighted by Crippen LogP contribution is -2.47. The maximum absolute atomic E-state index is 12.1. The van der Waals surface area contributed by atoms with Crippen LogP contribution in [0, 0.1) is 18.5 Å². The third kappa shape index (κ3) is 5.19. The molecule has 2 unspecified atom stereocenters. The number of nitrogens with one attached hydrogen (secondary N) is 1. The van der Waals surface area contributed by atoms with Gasteiger partial charge >= 0.3 is 14.3 Å². The molecule has 3 rings (SSSR count). The number of aryl methyl sites for hydroxylation is 3. The second-order valence-electron chi connectivity index (χ2n) is 6.87. The van der Waals surface area contributed by atoms with Crippen LogP contribution in [-0.2, 0) is 26.9 Å². The maximum atomic E-state index is 12.1. The summed E-state index contributed by atoms with van der Waals surface area (Å²) in [5.41, 5.74) is 2.39. The first-order chi connectivity index (χ1) is 13.7. The van der Waals surface area contributed by atoms with Crippen molar-refractivity contribution in [3.05, 3.63) is 56.2 Å². The largest absolute Gasteiger partial charge is 0.426 e. The van der Waals surface area contributed by atoms with Gasteiger partial charge in [-0.2, -0.15) is 0 Å². The van der Waals surface area contributed by atoms with Crippen LogP contribution in [0.4, 0.5) is 0 Å². The molecule has 0 fully saturated rings. The normalized spacial score (nSPS) is 17.4. The smallest absolute Gasteiger partial charge is 0.396 e. The molecule has 2 heterocycles. The SMILES string of the molecule is [B]C([B])(OP1OCc2cccc(C)c2O1)C(CCn1cc(C)c(=S)[nH]c1=O)OC. The number of hydrogen-bond acceptors (Lipinski definition) is 6. The highest BCUT2D eigenvalue weighted by Gasteiger charge is 2.36. The molecule has 1 aromatic carbocycles. The van der Waals surface area contributed by atoms with Crippen molar-refractivity contribution in [3.8, 4) is 5.75 Å². The zero-order valence-electron chi connectivity index (χ0n) is 16.5. The minimum Gasteiger partial charge on any atom is -0.426 e. The maximum Gasteiger partial charge on any atom is 0.396 e. The second kappa shape index (κ2) is 9.14. The molecule has 1 aliphatic heterocycles. The average molecular weight is 430 g/mol.